The van der Waals surface area contributed by atoms with Crippen LogP contribution in [0.15, 0.2) is 24.3 Å². The summed E-state index contributed by atoms with van der Waals surface area (Å²) in [5.41, 5.74) is 1.33. The van der Waals surface area contributed by atoms with Gasteiger partial charge < -0.3 is 4.74 Å². The maximum atomic E-state index is 5.82. The third-order valence-corrected chi connectivity index (χ3v) is 2.81. The van der Waals surface area contributed by atoms with Crippen LogP contribution < -0.4 is 0 Å². The molecule has 0 aromatic heterocycles. The van der Waals surface area contributed by atoms with Crippen LogP contribution in [0.3, 0.4) is 0 Å². The molecule has 0 N–H and O–H groups in total. The predicted octanol–water partition coefficient (Wildman–Crippen LogP) is 4.48. The quantitative estimate of drug-likeness (QED) is 0.609. The van der Waals surface area contributed by atoms with Gasteiger partial charge in [0.05, 0.1) is 0 Å². The highest BCUT2D eigenvalue weighted by Gasteiger charge is 1.94. The first-order valence-corrected chi connectivity index (χ1v) is 6.53. The number of aryl methyl sites for hydroxylation is 1. The topological polar surface area (TPSA) is 9.23 Å². The molecule has 1 aromatic rings. The Balaban J connectivity index is 2.01. The van der Waals surface area contributed by atoms with E-state index in [4.69, 9.17) is 16.3 Å². The van der Waals surface area contributed by atoms with Crippen LogP contribution in [0.4, 0.5) is 0 Å². The van der Waals surface area contributed by atoms with Gasteiger partial charge in [0.2, 0.25) is 0 Å². The average molecular weight is 241 g/mol. The van der Waals surface area contributed by atoms with Crippen molar-refractivity contribution in [3.63, 3.8) is 0 Å². The highest BCUT2D eigenvalue weighted by Crippen LogP contribution is 2.10. The normalized spacial score (nSPS) is 10.6. The van der Waals surface area contributed by atoms with E-state index in [-0.39, 0.29) is 0 Å². The van der Waals surface area contributed by atoms with Crippen LogP contribution in [-0.2, 0) is 11.2 Å². The molecule has 0 spiro atoms. The standard InChI is InChI=1S/C14H21ClO/c1-2-3-4-11-16-12-5-6-13-7-9-14(15)10-8-13/h7-10H,2-6,11-12H2,1H3. The monoisotopic (exact) mass is 240 g/mol. The second-order valence-electron chi connectivity index (χ2n) is 4.05. The first-order chi connectivity index (χ1) is 7.83. The van der Waals surface area contributed by atoms with Crippen LogP contribution in [-0.4, -0.2) is 13.2 Å². The van der Waals surface area contributed by atoms with Crippen LogP contribution in [0.25, 0.3) is 0 Å². The van der Waals surface area contributed by atoms with Gasteiger partial charge in [-0.3, -0.25) is 0 Å². The number of benzene rings is 1. The Hall–Kier alpha value is -0.530. The highest BCUT2D eigenvalue weighted by molar-refractivity contribution is 6.30. The smallest absolute Gasteiger partial charge is 0.0469 e. The molecule has 0 heterocycles. The van der Waals surface area contributed by atoms with Gasteiger partial charge in [0.1, 0.15) is 0 Å². The molecule has 2 heteroatoms. The Morgan fingerprint density at radius 3 is 2.38 bits per heavy atom. The van der Waals surface area contributed by atoms with E-state index in [1.54, 1.807) is 0 Å². The summed E-state index contributed by atoms with van der Waals surface area (Å²) in [6.45, 7) is 3.99. The van der Waals surface area contributed by atoms with Gasteiger partial charge in [0.15, 0.2) is 0 Å². The van der Waals surface area contributed by atoms with E-state index >= 15 is 0 Å². The molecule has 0 aliphatic rings. The zero-order valence-electron chi connectivity index (χ0n) is 10.0. The van der Waals surface area contributed by atoms with E-state index in [0.717, 1.165) is 31.1 Å². The van der Waals surface area contributed by atoms with Crippen molar-refractivity contribution in [1.82, 2.24) is 0 Å². The summed E-state index contributed by atoms with van der Waals surface area (Å²) in [5.74, 6) is 0. The lowest BCUT2D eigenvalue weighted by Crippen LogP contribution is -1.98. The number of hydrogen-bond acceptors (Lipinski definition) is 1. The Morgan fingerprint density at radius 2 is 1.69 bits per heavy atom. The summed E-state index contributed by atoms with van der Waals surface area (Å²) in [5, 5.41) is 0.805. The van der Waals surface area contributed by atoms with Crippen LogP contribution in [0.1, 0.15) is 38.2 Å². The molecule has 0 unspecified atom stereocenters. The fraction of sp³-hybridized carbons (Fsp3) is 0.571. The van der Waals surface area contributed by atoms with Gasteiger partial charge in [-0.2, -0.15) is 0 Å². The Morgan fingerprint density at radius 1 is 1.00 bits per heavy atom. The van der Waals surface area contributed by atoms with Crippen molar-refractivity contribution in [3.05, 3.63) is 34.9 Å². The Kier molecular flexibility index (Phi) is 7.28. The Labute approximate surface area is 104 Å². The molecule has 0 saturated heterocycles. The van der Waals surface area contributed by atoms with Crippen molar-refractivity contribution in [1.29, 1.82) is 0 Å². The number of unbranched alkanes of at least 4 members (excludes halogenated alkanes) is 2. The Bertz CT molecular complexity index is 269. The fourth-order valence-corrected chi connectivity index (χ4v) is 1.71. The van der Waals surface area contributed by atoms with Crippen LogP contribution in [0, 0.1) is 0 Å². The zero-order valence-corrected chi connectivity index (χ0v) is 10.8. The van der Waals surface area contributed by atoms with E-state index in [0.29, 0.717) is 0 Å². The van der Waals surface area contributed by atoms with E-state index < -0.39 is 0 Å². The van der Waals surface area contributed by atoms with Crippen molar-refractivity contribution in [2.45, 2.75) is 39.0 Å². The first-order valence-electron chi connectivity index (χ1n) is 6.15. The summed E-state index contributed by atoms with van der Waals surface area (Å²) in [6.07, 6.45) is 5.89. The minimum atomic E-state index is 0.805. The fourth-order valence-electron chi connectivity index (χ4n) is 1.59. The van der Waals surface area contributed by atoms with E-state index in [1.165, 1.54) is 24.8 Å². The molecular weight excluding hydrogens is 220 g/mol. The summed E-state index contributed by atoms with van der Waals surface area (Å²) < 4.78 is 5.56. The summed E-state index contributed by atoms with van der Waals surface area (Å²) >= 11 is 5.82. The minimum absolute atomic E-state index is 0.805. The second kappa shape index (κ2) is 8.60. The molecule has 1 aromatic carbocycles. The molecule has 1 rings (SSSR count). The van der Waals surface area contributed by atoms with Crippen molar-refractivity contribution in [3.8, 4) is 0 Å². The third kappa shape index (κ3) is 6.14. The summed E-state index contributed by atoms with van der Waals surface area (Å²) in [6, 6.07) is 8.05. The molecule has 0 aliphatic heterocycles. The van der Waals surface area contributed by atoms with Gasteiger partial charge in [0.25, 0.3) is 0 Å². The number of ether oxygens (including phenoxy) is 1. The molecule has 0 fully saturated rings. The second-order valence-corrected chi connectivity index (χ2v) is 4.49. The first kappa shape index (κ1) is 13.5. The highest BCUT2D eigenvalue weighted by atomic mass is 35.5. The van der Waals surface area contributed by atoms with E-state index in [9.17, 15) is 0 Å². The zero-order chi connectivity index (χ0) is 11.6. The van der Waals surface area contributed by atoms with Crippen molar-refractivity contribution in [2.24, 2.45) is 0 Å². The maximum absolute atomic E-state index is 5.82. The van der Waals surface area contributed by atoms with Crippen molar-refractivity contribution >= 4 is 11.6 Å². The SMILES string of the molecule is CCCCCOCCCc1ccc(Cl)cc1. The lowest BCUT2D eigenvalue weighted by atomic mass is 10.1. The molecule has 1 nitrogen and oxygen atoms in total. The van der Waals surface area contributed by atoms with Crippen LogP contribution >= 0.6 is 11.6 Å². The van der Waals surface area contributed by atoms with Gasteiger partial charge in [-0.15, -0.1) is 0 Å². The lowest BCUT2D eigenvalue weighted by Gasteiger charge is -2.04. The molecule has 0 radical (unpaired) electrons. The average Bonchev–Trinajstić information content (AvgIpc) is 2.30. The van der Waals surface area contributed by atoms with Gasteiger partial charge in [-0.05, 0) is 37.0 Å². The largest absolute Gasteiger partial charge is 0.381 e. The molecule has 90 valence electrons. The predicted molar refractivity (Wildman–Crippen MR) is 70.1 cm³/mol. The number of rotatable bonds is 8. The number of halogens is 1. The van der Waals surface area contributed by atoms with Gasteiger partial charge in [-0.1, -0.05) is 43.5 Å². The molecule has 0 aliphatic carbocycles. The minimum Gasteiger partial charge on any atom is -0.381 e. The molecule has 0 atom stereocenters. The third-order valence-electron chi connectivity index (χ3n) is 2.56. The molecule has 16 heavy (non-hydrogen) atoms. The molecule has 0 bridgehead atoms. The lowest BCUT2D eigenvalue weighted by molar-refractivity contribution is 0.128. The van der Waals surface area contributed by atoms with Crippen LogP contribution in [0.5, 0.6) is 0 Å². The molecule has 0 saturated carbocycles. The van der Waals surface area contributed by atoms with Crippen molar-refractivity contribution in [2.75, 3.05) is 13.2 Å². The van der Waals surface area contributed by atoms with Crippen LogP contribution in [0.2, 0.25) is 5.02 Å². The van der Waals surface area contributed by atoms with Gasteiger partial charge in [-0.25, -0.2) is 0 Å². The van der Waals surface area contributed by atoms with E-state index in [1.807, 2.05) is 12.1 Å². The molecule has 0 amide bonds. The maximum Gasteiger partial charge on any atom is 0.0469 e. The van der Waals surface area contributed by atoms with Crippen molar-refractivity contribution < 1.29 is 4.74 Å². The molecular formula is C14H21ClO. The summed E-state index contributed by atoms with van der Waals surface area (Å²) in [4.78, 5) is 0. The van der Waals surface area contributed by atoms with Gasteiger partial charge in [0, 0.05) is 18.2 Å². The summed E-state index contributed by atoms with van der Waals surface area (Å²) in [7, 11) is 0. The van der Waals surface area contributed by atoms with E-state index in [2.05, 4.69) is 19.1 Å². The van der Waals surface area contributed by atoms with Gasteiger partial charge >= 0.3 is 0 Å². The number of hydrogen-bond donors (Lipinski definition) is 0.